The molecule has 1 unspecified atom stereocenters. The number of nitrogens with zero attached hydrogens (tertiary/aromatic N) is 1. The molecule has 1 heterocycles. The molecule has 0 aliphatic carbocycles. The first-order valence-electron chi connectivity index (χ1n) is 5.18. The number of halogens is 1. The number of ether oxygens (including phenoxy) is 1. The highest BCUT2D eigenvalue weighted by atomic mass is 35.5. The maximum Gasteiger partial charge on any atom is 0.288 e. The average molecular weight is 292 g/mol. The molecule has 0 N–H and O–H groups in total. The summed E-state index contributed by atoms with van der Waals surface area (Å²) >= 11 is 5.73. The number of nitro benzene ring substituents is 1. The zero-order valence-corrected chi connectivity index (χ0v) is 10.8. The van der Waals surface area contributed by atoms with Gasteiger partial charge in [0.2, 0.25) is 0 Å². The van der Waals surface area contributed by atoms with E-state index in [-0.39, 0.29) is 22.2 Å². The number of hydrogen-bond donors (Lipinski definition) is 0. The van der Waals surface area contributed by atoms with Crippen LogP contribution in [-0.2, 0) is 9.84 Å². The lowest BCUT2D eigenvalue weighted by atomic mass is 10.3. The highest BCUT2D eigenvalue weighted by Crippen LogP contribution is 2.29. The van der Waals surface area contributed by atoms with E-state index >= 15 is 0 Å². The van der Waals surface area contributed by atoms with Gasteiger partial charge in [0.15, 0.2) is 9.84 Å². The highest BCUT2D eigenvalue weighted by molar-refractivity contribution is 7.91. The summed E-state index contributed by atoms with van der Waals surface area (Å²) in [7, 11) is -3.01. The van der Waals surface area contributed by atoms with E-state index in [2.05, 4.69) is 0 Å². The maximum absolute atomic E-state index is 11.2. The Hall–Kier alpha value is -1.34. The molecule has 0 aromatic heterocycles. The van der Waals surface area contributed by atoms with Gasteiger partial charge in [0.1, 0.15) is 16.9 Å². The van der Waals surface area contributed by atoms with Crippen LogP contribution in [0, 0.1) is 10.1 Å². The third kappa shape index (κ3) is 2.91. The largest absolute Gasteiger partial charge is 0.489 e. The Morgan fingerprint density at radius 1 is 1.44 bits per heavy atom. The second-order valence-corrected chi connectivity index (χ2v) is 6.65. The summed E-state index contributed by atoms with van der Waals surface area (Å²) in [5, 5.41) is 10.5. The van der Waals surface area contributed by atoms with Crippen LogP contribution >= 0.6 is 11.6 Å². The van der Waals surface area contributed by atoms with E-state index in [0.717, 1.165) is 0 Å². The molecule has 0 radical (unpaired) electrons. The molecular formula is C10H10ClNO5S. The van der Waals surface area contributed by atoms with E-state index in [1.54, 1.807) is 0 Å². The lowest BCUT2D eigenvalue weighted by Crippen LogP contribution is -2.17. The Labute approximate surface area is 109 Å². The SMILES string of the molecule is O=[N+]([O-])c1ccc(OC2CCS(=O)(=O)C2)cc1Cl. The van der Waals surface area contributed by atoms with Gasteiger partial charge in [-0.3, -0.25) is 10.1 Å². The van der Waals surface area contributed by atoms with Crippen LogP contribution < -0.4 is 4.74 Å². The van der Waals surface area contributed by atoms with E-state index in [1.165, 1.54) is 18.2 Å². The monoisotopic (exact) mass is 291 g/mol. The van der Waals surface area contributed by atoms with Crippen LogP contribution in [0.4, 0.5) is 5.69 Å². The molecule has 8 heteroatoms. The summed E-state index contributed by atoms with van der Waals surface area (Å²) in [4.78, 5) is 9.97. The molecular weight excluding hydrogens is 282 g/mol. The van der Waals surface area contributed by atoms with Crippen molar-refractivity contribution in [2.24, 2.45) is 0 Å². The minimum atomic E-state index is -3.01. The van der Waals surface area contributed by atoms with Crippen molar-refractivity contribution >= 4 is 27.1 Å². The normalized spacial score (nSPS) is 21.7. The van der Waals surface area contributed by atoms with Crippen molar-refractivity contribution in [2.45, 2.75) is 12.5 Å². The Morgan fingerprint density at radius 2 is 2.17 bits per heavy atom. The molecule has 6 nitrogen and oxygen atoms in total. The van der Waals surface area contributed by atoms with Crippen molar-refractivity contribution < 1.29 is 18.1 Å². The molecule has 0 amide bonds. The Kier molecular flexibility index (Phi) is 3.45. The molecule has 1 aliphatic heterocycles. The van der Waals surface area contributed by atoms with Gasteiger partial charge in [0.25, 0.3) is 5.69 Å². The smallest absolute Gasteiger partial charge is 0.288 e. The number of rotatable bonds is 3. The van der Waals surface area contributed by atoms with Gasteiger partial charge in [-0.1, -0.05) is 11.6 Å². The molecule has 0 saturated carbocycles. The summed E-state index contributed by atoms with van der Waals surface area (Å²) in [6.45, 7) is 0. The van der Waals surface area contributed by atoms with Gasteiger partial charge >= 0.3 is 0 Å². The standard InChI is InChI=1S/C10H10ClNO5S/c11-9-5-7(1-2-10(9)12(13)14)17-8-3-4-18(15,16)6-8/h1-2,5,8H,3-4,6H2. The quantitative estimate of drug-likeness (QED) is 0.626. The molecule has 0 spiro atoms. The summed E-state index contributed by atoms with van der Waals surface area (Å²) < 4.78 is 27.9. The van der Waals surface area contributed by atoms with Crippen LogP contribution in [-0.4, -0.2) is 31.0 Å². The number of hydrogen-bond acceptors (Lipinski definition) is 5. The second-order valence-electron chi connectivity index (χ2n) is 4.01. The van der Waals surface area contributed by atoms with E-state index in [9.17, 15) is 18.5 Å². The van der Waals surface area contributed by atoms with Crippen molar-refractivity contribution in [3.8, 4) is 5.75 Å². The van der Waals surface area contributed by atoms with Gasteiger partial charge in [-0.15, -0.1) is 0 Å². The van der Waals surface area contributed by atoms with Crippen LogP contribution in [0.3, 0.4) is 0 Å². The van der Waals surface area contributed by atoms with Gasteiger partial charge < -0.3 is 4.74 Å². The van der Waals surface area contributed by atoms with Gasteiger partial charge in [0.05, 0.1) is 16.4 Å². The summed E-state index contributed by atoms with van der Waals surface area (Å²) in [5.41, 5.74) is -0.205. The fourth-order valence-electron chi connectivity index (χ4n) is 1.76. The molecule has 2 rings (SSSR count). The molecule has 1 aromatic carbocycles. The van der Waals surface area contributed by atoms with Crippen molar-refractivity contribution in [3.63, 3.8) is 0 Å². The van der Waals surface area contributed by atoms with Crippen molar-refractivity contribution in [2.75, 3.05) is 11.5 Å². The molecule has 1 saturated heterocycles. The van der Waals surface area contributed by atoms with Crippen LogP contribution in [0.2, 0.25) is 5.02 Å². The molecule has 1 aliphatic rings. The van der Waals surface area contributed by atoms with Crippen molar-refractivity contribution in [3.05, 3.63) is 33.3 Å². The predicted octanol–water partition coefficient (Wildman–Crippen LogP) is 1.81. The van der Waals surface area contributed by atoms with Gasteiger partial charge in [-0.2, -0.15) is 0 Å². The first-order chi connectivity index (χ1) is 8.37. The molecule has 1 fully saturated rings. The maximum atomic E-state index is 11.2. The first-order valence-corrected chi connectivity index (χ1v) is 7.38. The van der Waals surface area contributed by atoms with Crippen LogP contribution in [0.25, 0.3) is 0 Å². The Morgan fingerprint density at radius 3 is 2.67 bits per heavy atom. The van der Waals surface area contributed by atoms with E-state index in [1.807, 2.05) is 0 Å². The molecule has 98 valence electrons. The third-order valence-corrected chi connectivity index (χ3v) is 4.65. The van der Waals surface area contributed by atoms with Gasteiger partial charge in [-0.05, 0) is 12.5 Å². The average Bonchev–Trinajstić information content (AvgIpc) is 2.57. The lowest BCUT2D eigenvalue weighted by Gasteiger charge is -2.11. The topological polar surface area (TPSA) is 86.5 Å². The van der Waals surface area contributed by atoms with Crippen LogP contribution in [0.15, 0.2) is 18.2 Å². The Balaban J connectivity index is 2.12. The highest BCUT2D eigenvalue weighted by Gasteiger charge is 2.29. The number of sulfone groups is 1. The first kappa shape index (κ1) is 13.1. The second kappa shape index (κ2) is 4.74. The van der Waals surface area contributed by atoms with E-state index < -0.39 is 20.9 Å². The zero-order valence-electron chi connectivity index (χ0n) is 9.21. The van der Waals surface area contributed by atoms with Gasteiger partial charge in [-0.25, -0.2) is 8.42 Å². The summed E-state index contributed by atoms with van der Waals surface area (Å²) in [6, 6.07) is 3.97. The molecule has 18 heavy (non-hydrogen) atoms. The molecule has 1 atom stereocenters. The third-order valence-electron chi connectivity index (χ3n) is 2.61. The Bertz CT molecular complexity index is 586. The van der Waals surface area contributed by atoms with Crippen LogP contribution in [0.1, 0.15) is 6.42 Å². The number of benzene rings is 1. The fraction of sp³-hybridized carbons (Fsp3) is 0.400. The minimum Gasteiger partial charge on any atom is -0.489 e. The van der Waals surface area contributed by atoms with E-state index in [0.29, 0.717) is 12.2 Å². The summed E-state index contributed by atoms with van der Waals surface area (Å²) in [6.07, 6.45) is 0.0178. The number of nitro groups is 1. The van der Waals surface area contributed by atoms with Crippen molar-refractivity contribution in [1.82, 2.24) is 0 Å². The van der Waals surface area contributed by atoms with E-state index in [4.69, 9.17) is 16.3 Å². The fourth-order valence-corrected chi connectivity index (χ4v) is 3.58. The molecule has 0 bridgehead atoms. The molecule has 1 aromatic rings. The van der Waals surface area contributed by atoms with Crippen LogP contribution in [0.5, 0.6) is 5.75 Å². The lowest BCUT2D eigenvalue weighted by molar-refractivity contribution is -0.384. The zero-order chi connectivity index (χ0) is 13.3. The minimum absolute atomic E-state index is 0.0262. The predicted molar refractivity (Wildman–Crippen MR) is 65.8 cm³/mol. The summed E-state index contributed by atoms with van der Waals surface area (Å²) in [5.74, 6) is 0.424. The van der Waals surface area contributed by atoms with Gasteiger partial charge in [0, 0.05) is 12.1 Å². The van der Waals surface area contributed by atoms with Crippen molar-refractivity contribution in [1.29, 1.82) is 0 Å².